The number of ether oxygens (including phenoxy) is 1. The molecule has 0 aliphatic carbocycles. The first kappa shape index (κ1) is 14.9. The van der Waals surface area contributed by atoms with Crippen molar-refractivity contribution in [2.75, 3.05) is 11.9 Å². The number of nitrogens with one attached hydrogen (secondary N) is 1. The van der Waals surface area contributed by atoms with Crippen LogP contribution in [0.2, 0.25) is 0 Å². The normalized spacial score (nSPS) is 10.8. The van der Waals surface area contributed by atoms with Crippen molar-refractivity contribution in [3.05, 3.63) is 84.4 Å². The summed E-state index contributed by atoms with van der Waals surface area (Å²) in [6.45, 7) is 0.228. The molecule has 0 spiro atoms. The maximum atomic E-state index is 11.9. The Morgan fingerprint density at radius 3 is 2.52 bits per heavy atom. The highest BCUT2D eigenvalue weighted by Gasteiger charge is 2.05. The number of hydrogen-bond donors (Lipinski definition) is 1. The van der Waals surface area contributed by atoms with Gasteiger partial charge in [0.05, 0.1) is 5.69 Å². The lowest BCUT2D eigenvalue weighted by atomic mass is 10.1. The summed E-state index contributed by atoms with van der Waals surface area (Å²) >= 11 is 0. The van der Waals surface area contributed by atoms with Crippen molar-refractivity contribution in [2.45, 2.75) is 0 Å². The van der Waals surface area contributed by atoms with Crippen LogP contribution in [0.3, 0.4) is 0 Å². The summed E-state index contributed by atoms with van der Waals surface area (Å²) in [7, 11) is 0. The van der Waals surface area contributed by atoms with E-state index in [0.717, 1.165) is 22.0 Å². The van der Waals surface area contributed by atoms with E-state index in [9.17, 15) is 4.79 Å². The number of hydrogen-bond acceptors (Lipinski definition) is 2. The predicted octanol–water partition coefficient (Wildman–Crippen LogP) is 5.10. The second-order valence-corrected chi connectivity index (χ2v) is 5.06. The number of rotatable bonds is 4. The Labute approximate surface area is 135 Å². The van der Waals surface area contributed by atoms with Crippen LogP contribution in [0.1, 0.15) is 5.56 Å². The number of benzene rings is 3. The standard InChI is InChI=1S/C20H17NO2/c22-20(23-15-7-10-16-8-2-1-3-9-16)21-19-14-6-12-17-11-4-5-13-18(17)19/h1-14H,15H2,(H,21,22)/b10-7+. The van der Waals surface area contributed by atoms with E-state index < -0.39 is 6.09 Å². The minimum absolute atomic E-state index is 0.228. The lowest BCUT2D eigenvalue weighted by Gasteiger charge is -2.08. The van der Waals surface area contributed by atoms with Gasteiger partial charge in [-0.2, -0.15) is 0 Å². The zero-order valence-electron chi connectivity index (χ0n) is 12.6. The quantitative estimate of drug-likeness (QED) is 0.728. The zero-order chi connectivity index (χ0) is 15.9. The molecular formula is C20H17NO2. The largest absolute Gasteiger partial charge is 0.445 e. The Balaban J connectivity index is 1.58. The van der Waals surface area contributed by atoms with Gasteiger partial charge in [-0.05, 0) is 23.1 Å². The van der Waals surface area contributed by atoms with Crippen LogP contribution in [-0.4, -0.2) is 12.7 Å². The number of carbonyl (C=O) groups excluding carboxylic acids is 1. The number of amides is 1. The van der Waals surface area contributed by atoms with Gasteiger partial charge in [-0.25, -0.2) is 4.79 Å². The summed E-state index contributed by atoms with van der Waals surface area (Å²) in [5, 5.41) is 4.86. The van der Waals surface area contributed by atoms with E-state index in [1.54, 1.807) is 0 Å². The van der Waals surface area contributed by atoms with E-state index in [1.165, 1.54) is 0 Å². The van der Waals surface area contributed by atoms with Crippen LogP contribution in [0.4, 0.5) is 10.5 Å². The number of anilines is 1. The Bertz CT molecular complexity index is 820. The summed E-state index contributed by atoms with van der Waals surface area (Å²) in [5.74, 6) is 0. The maximum Gasteiger partial charge on any atom is 0.411 e. The first-order chi connectivity index (χ1) is 11.3. The molecule has 0 atom stereocenters. The molecule has 23 heavy (non-hydrogen) atoms. The molecule has 1 amide bonds. The van der Waals surface area contributed by atoms with Crippen molar-refractivity contribution in [2.24, 2.45) is 0 Å². The van der Waals surface area contributed by atoms with E-state index in [0.29, 0.717) is 0 Å². The van der Waals surface area contributed by atoms with Crippen LogP contribution < -0.4 is 5.32 Å². The molecule has 3 aromatic carbocycles. The minimum Gasteiger partial charge on any atom is -0.445 e. The van der Waals surface area contributed by atoms with Crippen LogP contribution in [0.25, 0.3) is 16.8 Å². The Morgan fingerprint density at radius 1 is 0.913 bits per heavy atom. The van der Waals surface area contributed by atoms with Crippen molar-refractivity contribution in [1.82, 2.24) is 0 Å². The first-order valence-electron chi connectivity index (χ1n) is 7.46. The van der Waals surface area contributed by atoms with Crippen molar-refractivity contribution < 1.29 is 9.53 Å². The molecular weight excluding hydrogens is 286 g/mol. The molecule has 114 valence electrons. The summed E-state index contributed by atoms with van der Waals surface area (Å²) in [4.78, 5) is 11.9. The fraction of sp³-hybridized carbons (Fsp3) is 0.0500. The van der Waals surface area contributed by atoms with Gasteiger partial charge in [0.25, 0.3) is 0 Å². The van der Waals surface area contributed by atoms with E-state index >= 15 is 0 Å². The van der Waals surface area contributed by atoms with Gasteiger partial charge in [0.2, 0.25) is 0 Å². The predicted molar refractivity (Wildman–Crippen MR) is 94.4 cm³/mol. The number of carbonyl (C=O) groups is 1. The lowest BCUT2D eigenvalue weighted by molar-refractivity contribution is 0.174. The van der Waals surface area contributed by atoms with Gasteiger partial charge in [0, 0.05) is 5.39 Å². The molecule has 3 heteroatoms. The van der Waals surface area contributed by atoms with E-state index in [4.69, 9.17) is 4.74 Å². The lowest BCUT2D eigenvalue weighted by Crippen LogP contribution is -2.13. The Hall–Kier alpha value is -3.07. The fourth-order valence-electron chi connectivity index (χ4n) is 2.35. The molecule has 0 heterocycles. The van der Waals surface area contributed by atoms with Gasteiger partial charge in [-0.3, -0.25) is 5.32 Å². The van der Waals surface area contributed by atoms with Gasteiger partial charge >= 0.3 is 6.09 Å². The van der Waals surface area contributed by atoms with Gasteiger partial charge in [0.1, 0.15) is 6.61 Å². The smallest absolute Gasteiger partial charge is 0.411 e. The Kier molecular flexibility index (Phi) is 4.69. The molecule has 3 nitrogen and oxygen atoms in total. The maximum absolute atomic E-state index is 11.9. The van der Waals surface area contributed by atoms with Gasteiger partial charge in [-0.15, -0.1) is 0 Å². The summed E-state index contributed by atoms with van der Waals surface area (Å²) in [6.07, 6.45) is 3.28. The van der Waals surface area contributed by atoms with E-state index in [2.05, 4.69) is 5.32 Å². The van der Waals surface area contributed by atoms with Crippen LogP contribution in [0, 0.1) is 0 Å². The van der Waals surface area contributed by atoms with E-state index in [-0.39, 0.29) is 6.61 Å². The molecule has 0 saturated carbocycles. The second kappa shape index (κ2) is 7.27. The third-order valence-corrected chi connectivity index (χ3v) is 3.45. The molecule has 0 saturated heterocycles. The average Bonchev–Trinajstić information content (AvgIpc) is 2.60. The molecule has 3 rings (SSSR count). The van der Waals surface area contributed by atoms with Crippen molar-refractivity contribution in [3.63, 3.8) is 0 Å². The van der Waals surface area contributed by atoms with Crippen molar-refractivity contribution in [1.29, 1.82) is 0 Å². The van der Waals surface area contributed by atoms with Crippen molar-refractivity contribution in [3.8, 4) is 0 Å². The third-order valence-electron chi connectivity index (χ3n) is 3.45. The SMILES string of the molecule is O=C(Nc1cccc2ccccc12)OC/C=C/c1ccccc1. The number of fused-ring (bicyclic) bond motifs is 1. The monoisotopic (exact) mass is 303 g/mol. The topological polar surface area (TPSA) is 38.3 Å². The average molecular weight is 303 g/mol. The van der Waals surface area contributed by atoms with Gasteiger partial charge in [0.15, 0.2) is 0 Å². The molecule has 0 radical (unpaired) electrons. The van der Waals surface area contributed by atoms with Crippen LogP contribution in [0.5, 0.6) is 0 Å². The third kappa shape index (κ3) is 3.98. The van der Waals surface area contributed by atoms with Gasteiger partial charge in [-0.1, -0.05) is 72.8 Å². The second-order valence-electron chi connectivity index (χ2n) is 5.06. The molecule has 0 aromatic heterocycles. The summed E-state index contributed by atoms with van der Waals surface area (Å²) in [6, 6.07) is 23.6. The van der Waals surface area contributed by atoms with Gasteiger partial charge < -0.3 is 4.74 Å². The summed E-state index contributed by atoms with van der Waals surface area (Å²) < 4.78 is 5.18. The molecule has 0 aliphatic rings. The molecule has 0 fully saturated rings. The van der Waals surface area contributed by atoms with Crippen molar-refractivity contribution >= 4 is 28.6 Å². The van der Waals surface area contributed by atoms with E-state index in [1.807, 2.05) is 84.9 Å². The highest BCUT2D eigenvalue weighted by Crippen LogP contribution is 2.22. The summed E-state index contributed by atoms with van der Waals surface area (Å²) in [5.41, 5.74) is 1.82. The highest BCUT2D eigenvalue weighted by atomic mass is 16.5. The minimum atomic E-state index is -0.459. The molecule has 0 aliphatic heterocycles. The molecule has 1 N–H and O–H groups in total. The van der Waals surface area contributed by atoms with Crippen LogP contribution >= 0.6 is 0 Å². The Morgan fingerprint density at radius 2 is 1.65 bits per heavy atom. The van der Waals surface area contributed by atoms with Crippen LogP contribution in [-0.2, 0) is 4.74 Å². The molecule has 3 aromatic rings. The fourth-order valence-corrected chi connectivity index (χ4v) is 2.35. The first-order valence-corrected chi connectivity index (χ1v) is 7.46. The highest BCUT2D eigenvalue weighted by molar-refractivity contribution is 6.00. The zero-order valence-corrected chi connectivity index (χ0v) is 12.6. The molecule has 0 unspecified atom stereocenters. The molecule has 0 bridgehead atoms. The van der Waals surface area contributed by atoms with Crippen LogP contribution in [0.15, 0.2) is 78.9 Å².